The standard InChI is InChI=1S/2C13H11O2P.2C10H8N2.CH3F.2CHNS.ClH.2Ir.K/c2*1-16(14-12-8-4-2-5-9-12)15-13-10-6-3-7-11-13;2*1-3-7-11-9(5-1)10-6-2-4-8-12-10;1-2;2*2-1-3;;;;/h2*2-8,10H,1H3;2*1-8H;1H3;2*3H;1H;;;/q2*-2;;;;;;;2*+3;+1/p-1/i;;;;1D;;;;;;. The molecule has 0 aliphatic carbocycles. The number of alkyl halides is 1. The number of halogens is 2. The number of pyridine rings is 4. The Morgan fingerprint density at radius 2 is 0.691 bits per heavy atom. The third-order valence-corrected chi connectivity index (χ3v) is 8.95. The van der Waals surface area contributed by atoms with Crippen molar-refractivity contribution in [2.45, 2.75) is 0 Å². The van der Waals surface area contributed by atoms with Gasteiger partial charge >= 0.3 is 116 Å². The normalized spacial score (nSPS) is 8.75. The molecule has 0 unspecified atom stereocenters. The van der Waals surface area contributed by atoms with E-state index >= 15 is 0 Å². The maximum absolute atomic E-state index is 9.96. The number of aromatic nitrogens is 4. The molecule has 8 rings (SSSR count). The number of rotatable bonds is 10. The van der Waals surface area contributed by atoms with Gasteiger partial charge in [-0.05, 0) is 48.5 Å². The Labute approximate surface area is 485 Å². The molecule has 0 atom stereocenters. The van der Waals surface area contributed by atoms with Crippen LogP contribution in [0.4, 0.5) is 4.39 Å². The summed E-state index contributed by atoms with van der Waals surface area (Å²) in [4.78, 5) is 16.7. The van der Waals surface area contributed by atoms with E-state index in [9.17, 15) is 4.39 Å². The second kappa shape index (κ2) is 46.8. The van der Waals surface area contributed by atoms with Crippen molar-refractivity contribution in [2.75, 3.05) is 20.5 Å². The Kier molecular flexibility index (Phi) is 44.1. The van der Waals surface area contributed by atoms with Crippen molar-refractivity contribution in [2.24, 2.45) is 0 Å². The van der Waals surface area contributed by atoms with Crippen LogP contribution in [0.3, 0.4) is 0 Å². The summed E-state index contributed by atoms with van der Waals surface area (Å²) in [7, 11) is 0.925. The van der Waals surface area contributed by atoms with Crippen LogP contribution in [-0.2, 0) is 63.3 Å². The van der Waals surface area contributed by atoms with E-state index in [4.69, 9.17) is 30.0 Å². The summed E-state index contributed by atoms with van der Waals surface area (Å²) in [5, 5.41) is 16.9. The van der Waals surface area contributed by atoms with Crippen LogP contribution in [0.1, 0.15) is 1.37 Å². The number of hydrogen-bond donors (Lipinski definition) is 0. The molecule has 0 N–H and O–H groups in total. The molecule has 0 radical (unpaired) electrons. The summed E-state index contributed by atoms with van der Waals surface area (Å²) in [6.45, 7) is 3.87. The van der Waals surface area contributed by atoms with Crippen molar-refractivity contribution in [1.82, 2.24) is 19.9 Å². The second-order valence-corrected chi connectivity index (χ2v) is 14.5. The van der Waals surface area contributed by atoms with Gasteiger partial charge in [-0.25, -0.2) is 10.5 Å². The van der Waals surface area contributed by atoms with Gasteiger partial charge in [-0.15, -0.1) is 48.5 Å². The molecule has 346 valence electrons. The minimum Gasteiger partial charge on any atom is -0.255 e. The maximum Gasteiger partial charge on any atom is 3.00 e. The van der Waals surface area contributed by atoms with Crippen LogP contribution in [0, 0.1) is 45.6 Å². The van der Waals surface area contributed by atoms with Gasteiger partial charge in [0.1, 0.15) is 13.3 Å². The average Bonchev–Trinajstić information content (AvgIpc) is 3.38. The number of benzene rings is 4. The fraction of sp³-hybridized carbons (Fsp3) is 0.0612. The second-order valence-electron chi connectivity index (χ2n) is 11.3. The molecule has 8 aromatic rings. The van der Waals surface area contributed by atoms with Gasteiger partial charge in [-0.2, -0.15) is 72.8 Å². The van der Waals surface area contributed by atoms with Crippen molar-refractivity contribution in [3.63, 3.8) is 0 Å². The van der Waals surface area contributed by atoms with Crippen molar-refractivity contribution < 1.29 is 113 Å². The largest absolute Gasteiger partial charge is 3.00 e. The summed E-state index contributed by atoms with van der Waals surface area (Å²) in [5.41, 5.74) is 3.66. The molecule has 68 heavy (non-hydrogen) atoms. The van der Waals surface area contributed by atoms with Gasteiger partial charge in [-0.3, -0.25) is 24.3 Å². The summed E-state index contributed by atoms with van der Waals surface area (Å²) in [6, 6.07) is 65.2. The van der Waals surface area contributed by atoms with Crippen molar-refractivity contribution in [3.8, 4) is 56.6 Å². The first-order chi connectivity index (χ1) is 32.9. The Morgan fingerprint density at radius 1 is 0.500 bits per heavy atom. The molecule has 0 saturated carbocycles. The van der Waals surface area contributed by atoms with Gasteiger partial charge in [0.25, 0.3) is 0 Å². The topological polar surface area (TPSA) is 136 Å². The third kappa shape index (κ3) is 32.8. The van der Waals surface area contributed by atoms with E-state index in [1.165, 1.54) is 28.7 Å². The molecular formula is C49H43ClFIr2KN6O4P2S2+2. The quantitative estimate of drug-likeness (QED) is 0.0425. The molecule has 10 nitrogen and oxygen atoms in total. The van der Waals surface area contributed by atoms with Gasteiger partial charge < -0.3 is 43.4 Å². The summed E-state index contributed by atoms with van der Waals surface area (Å²) in [6.07, 6.45) is 7.07. The number of nitriles is 2. The van der Waals surface area contributed by atoms with Crippen LogP contribution in [0.25, 0.3) is 22.8 Å². The zero-order valence-corrected chi connectivity index (χ0v) is 49.0. The molecule has 19 heteroatoms. The molecule has 0 saturated heterocycles. The molecule has 4 aromatic heterocycles. The number of hydrogen-bond acceptors (Lipinski definition) is 12. The van der Waals surface area contributed by atoms with E-state index in [1.807, 2.05) is 183 Å². The average molecular weight is 1380 g/mol. The third-order valence-electron chi connectivity index (χ3n) is 6.92. The molecule has 0 amide bonds. The van der Waals surface area contributed by atoms with Gasteiger partial charge in [0.15, 0.2) is 0 Å². The first-order valence-electron chi connectivity index (χ1n) is 19.5. The SMILES string of the molecule is C[PH+](Oc1[c-]cccc1)Oc1[c-]cccc1.C[PH+](Oc1[c-]cccc1)Oc1[c-]cccc1.N#C[S-].N#C[S-].[2H]CF.[Cl][Ir+2].[Ir+3].[K+].c1ccc(-c2ccccn2)nc1.c1ccc(-c2ccccn2)nc1. The zero-order valence-electron chi connectivity index (χ0n) is 37.7. The fourth-order valence-electron chi connectivity index (χ4n) is 4.48. The molecule has 0 aliphatic rings. The monoisotopic (exact) mass is 1390 g/mol. The fourth-order valence-corrected chi connectivity index (χ4v) is 6.31. The van der Waals surface area contributed by atoms with Crippen LogP contribution in [0.5, 0.6) is 23.0 Å². The van der Waals surface area contributed by atoms with Crippen LogP contribution in [-0.4, -0.2) is 40.4 Å². The van der Waals surface area contributed by atoms with E-state index in [0.717, 1.165) is 45.8 Å². The molecule has 0 bridgehead atoms. The Morgan fingerprint density at radius 3 is 0.838 bits per heavy atom. The minimum atomic E-state index is -1.36. The smallest absolute Gasteiger partial charge is 0.255 e. The molecule has 0 spiro atoms. The molecule has 4 aromatic carbocycles. The van der Waals surface area contributed by atoms with E-state index in [2.05, 4.69) is 79.0 Å². The summed E-state index contributed by atoms with van der Waals surface area (Å²) in [5.74, 6) is 2.87. The van der Waals surface area contributed by atoms with E-state index < -0.39 is 23.9 Å². The summed E-state index contributed by atoms with van der Waals surface area (Å²) < 4.78 is 38.0. The molecular weight excluding hydrogens is 1340 g/mol. The first-order valence-corrected chi connectivity index (χ1v) is 26.2. The van der Waals surface area contributed by atoms with Crippen LogP contribution in [0.2, 0.25) is 0 Å². The molecule has 0 fully saturated rings. The Balaban J connectivity index is 0. The first kappa shape index (κ1) is 64.1. The van der Waals surface area contributed by atoms with E-state index in [-0.39, 0.29) is 71.5 Å². The predicted molar refractivity (Wildman–Crippen MR) is 266 cm³/mol. The Hall–Kier alpha value is -3.88. The number of nitrogens with zero attached hydrogens (tertiary/aromatic N) is 6. The molecule has 0 aliphatic heterocycles. The van der Waals surface area contributed by atoms with E-state index in [1.54, 1.807) is 24.8 Å². The predicted octanol–water partition coefficient (Wildman–Crippen LogP) is 9.43. The van der Waals surface area contributed by atoms with Crippen LogP contribution < -0.4 is 69.5 Å². The number of thiocyanates is 2. The minimum absolute atomic E-state index is 0. The van der Waals surface area contributed by atoms with Crippen LogP contribution >= 0.6 is 26.3 Å². The summed E-state index contributed by atoms with van der Waals surface area (Å²) >= 11 is 8.87. The van der Waals surface area contributed by atoms with Gasteiger partial charge in [0.05, 0.1) is 54.3 Å². The van der Waals surface area contributed by atoms with Gasteiger partial charge in [0, 0.05) is 24.8 Å². The number of para-hydroxylation sites is 4. The zero-order chi connectivity index (χ0) is 49.0. The van der Waals surface area contributed by atoms with Crippen molar-refractivity contribution >= 4 is 51.6 Å². The van der Waals surface area contributed by atoms with Crippen molar-refractivity contribution in [3.05, 3.63) is 219 Å². The molecule has 4 heterocycles. The van der Waals surface area contributed by atoms with Gasteiger partial charge in [0.2, 0.25) is 0 Å². The van der Waals surface area contributed by atoms with Crippen LogP contribution in [0.15, 0.2) is 195 Å². The Bertz CT molecular complexity index is 2110. The maximum atomic E-state index is 9.96. The van der Waals surface area contributed by atoms with Gasteiger partial charge in [-0.1, -0.05) is 35.1 Å². The van der Waals surface area contributed by atoms with Crippen molar-refractivity contribution in [1.29, 1.82) is 10.5 Å². The van der Waals surface area contributed by atoms with E-state index in [0.29, 0.717) is 0 Å².